The van der Waals surface area contributed by atoms with Crippen LogP contribution in [-0.4, -0.2) is 45.0 Å². The van der Waals surface area contributed by atoms with Crippen molar-refractivity contribution in [1.82, 2.24) is 20.4 Å². The van der Waals surface area contributed by atoms with Crippen molar-refractivity contribution in [3.05, 3.63) is 42.5 Å². The quantitative estimate of drug-likeness (QED) is 0.523. The lowest BCUT2D eigenvalue weighted by molar-refractivity contribution is -0.123. The van der Waals surface area contributed by atoms with Gasteiger partial charge in [-0.1, -0.05) is 20.8 Å². The van der Waals surface area contributed by atoms with Crippen molar-refractivity contribution in [1.29, 1.82) is 0 Å². The fourth-order valence-corrected chi connectivity index (χ4v) is 2.92. The van der Waals surface area contributed by atoms with Crippen LogP contribution in [0.5, 0.6) is 0 Å². The van der Waals surface area contributed by atoms with E-state index in [1.54, 1.807) is 70.3 Å². The Bertz CT molecular complexity index is 1210. The van der Waals surface area contributed by atoms with Gasteiger partial charge in [0.15, 0.2) is 0 Å². The predicted molar refractivity (Wildman–Crippen MR) is 136 cm³/mol. The first-order valence-corrected chi connectivity index (χ1v) is 11.1. The lowest BCUT2D eigenvalue weighted by atomic mass is 9.95. The first-order chi connectivity index (χ1) is 16.2. The van der Waals surface area contributed by atoms with Gasteiger partial charge in [-0.15, -0.1) is 20.4 Å². The Balaban J connectivity index is 1.84. The third-order valence-corrected chi connectivity index (χ3v) is 4.85. The van der Waals surface area contributed by atoms with Crippen LogP contribution in [0.2, 0.25) is 0 Å². The van der Waals surface area contributed by atoms with E-state index in [1.807, 2.05) is 20.8 Å². The standard InChI is InChI=1S/C25H31N7O3/c1-24(2,3)22(33)27-17-11-8-15(9-12-17)20-28-30-21(31-29-20)18-13-10-16(26)14-19(18)32(7)23(34)35-25(4,5)6/h8-14H,26H2,1-7H3,(H,27,33). The van der Waals surface area contributed by atoms with Gasteiger partial charge in [0, 0.05) is 35.0 Å². The molecule has 3 aromatic rings. The summed E-state index contributed by atoms with van der Waals surface area (Å²) in [7, 11) is 1.58. The molecule has 1 aromatic heterocycles. The minimum atomic E-state index is -0.655. The average Bonchev–Trinajstić information content (AvgIpc) is 2.77. The molecule has 184 valence electrons. The molecule has 10 heteroatoms. The molecule has 2 amide bonds. The largest absolute Gasteiger partial charge is 0.443 e. The van der Waals surface area contributed by atoms with Crippen LogP contribution in [0.25, 0.3) is 22.8 Å². The highest BCUT2D eigenvalue weighted by molar-refractivity contribution is 5.95. The predicted octanol–water partition coefficient (Wildman–Crippen LogP) is 4.54. The highest BCUT2D eigenvalue weighted by atomic mass is 16.6. The van der Waals surface area contributed by atoms with E-state index in [-0.39, 0.29) is 11.7 Å². The Hall–Kier alpha value is -4.08. The summed E-state index contributed by atoms with van der Waals surface area (Å²) in [5.41, 5.74) is 7.63. The molecule has 0 radical (unpaired) electrons. The number of anilines is 3. The summed E-state index contributed by atoms with van der Waals surface area (Å²) in [5.74, 6) is 0.470. The first-order valence-electron chi connectivity index (χ1n) is 11.1. The number of carbonyl (C=O) groups is 2. The van der Waals surface area contributed by atoms with Crippen molar-refractivity contribution >= 4 is 29.1 Å². The summed E-state index contributed by atoms with van der Waals surface area (Å²) in [5, 5.41) is 19.7. The lowest BCUT2D eigenvalue weighted by Crippen LogP contribution is -2.34. The van der Waals surface area contributed by atoms with Crippen LogP contribution in [0.1, 0.15) is 41.5 Å². The molecular weight excluding hydrogens is 446 g/mol. The molecule has 1 heterocycles. The highest BCUT2D eigenvalue weighted by Gasteiger charge is 2.24. The number of hydrogen-bond donors (Lipinski definition) is 2. The van der Waals surface area contributed by atoms with Crippen molar-refractivity contribution in [2.75, 3.05) is 23.0 Å². The van der Waals surface area contributed by atoms with E-state index in [1.165, 1.54) is 4.90 Å². The number of hydrogen-bond acceptors (Lipinski definition) is 8. The number of amides is 2. The molecular formula is C25H31N7O3. The zero-order valence-electron chi connectivity index (χ0n) is 21.1. The molecule has 0 aliphatic carbocycles. The molecule has 0 fully saturated rings. The summed E-state index contributed by atoms with van der Waals surface area (Å²) in [6.07, 6.45) is -0.541. The minimum Gasteiger partial charge on any atom is -0.443 e. The fourth-order valence-electron chi connectivity index (χ4n) is 2.92. The molecule has 0 bridgehead atoms. The monoisotopic (exact) mass is 477 g/mol. The van der Waals surface area contributed by atoms with Crippen LogP contribution >= 0.6 is 0 Å². The van der Waals surface area contributed by atoms with Gasteiger partial charge in [0.25, 0.3) is 0 Å². The van der Waals surface area contributed by atoms with Crippen molar-refractivity contribution in [2.24, 2.45) is 5.41 Å². The van der Waals surface area contributed by atoms with Gasteiger partial charge in [-0.2, -0.15) is 0 Å². The zero-order chi connectivity index (χ0) is 26.0. The molecule has 3 rings (SSSR count). The van der Waals surface area contributed by atoms with Crippen LogP contribution in [0, 0.1) is 5.41 Å². The molecule has 0 aliphatic heterocycles. The van der Waals surface area contributed by atoms with E-state index in [2.05, 4.69) is 25.7 Å². The number of ether oxygens (including phenoxy) is 1. The number of benzene rings is 2. The molecule has 0 saturated carbocycles. The minimum absolute atomic E-state index is 0.0789. The van der Waals surface area contributed by atoms with Crippen molar-refractivity contribution in [3.8, 4) is 22.8 Å². The van der Waals surface area contributed by atoms with Gasteiger partial charge < -0.3 is 15.8 Å². The van der Waals surface area contributed by atoms with E-state index >= 15 is 0 Å². The van der Waals surface area contributed by atoms with Gasteiger partial charge in [0.1, 0.15) is 5.60 Å². The van der Waals surface area contributed by atoms with Gasteiger partial charge in [0.05, 0.1) is 5.69 Å². The number of nitrogens with two attached hydrogens (primary N) is 1. The van der Waals surface area contributed by atoms with Gasteiger partial charge in [0.2, 0.25) is 17.6 Å². The number of nitrogen functional groups attached to an aromatic ring is 1. The SMILES string of the molecule is CN(C(=O)OC(C)(C)C)c1cc(N)ccc1-c1nnc(-c2ccc(NC(=O)C(C)(C)C)cc2)nn1. The average molecular weight is 478 g/mol. The second kappa shape index (κ2) is 9.65. The normalized spacial score (nSPS) is 11.6. The maximum absolute atomic E-state index is 12.6. The summed E-state index contributed by atoms with van der Waals surface area (Å²) in [6, 6.07) is 12.1. The smallest absolute Gasteiger partial charge is 0.414 e. The molecule has 10 nitrogen and oxygen atoms in total. The van der Waals surface area contributed by atoms with E-state index < -0.39 is 17.1 Å². The van der Waals surface area contributed by atoms with Crippen molar-refractivity contribution in [3.63, 3.8) is 0 Å². The van der Waals surface area contributed by atoms with Crippen LogP contribution in [0.4, 0.5) is 21.9 Å². The van der Waals surface area contributed by atoms with E-state index in [0.29, 0.717) is 34.0 Å². The highest BCUT2D eigenvalue weighted by Crippen LogP contribution is 2.31. The van der Waals surface area contributed by atoms with Gasteiger partial charge >= 0.3 is 6.09 Å². The summed E-state index contributed by atoms with van der Waals surface area (Å²) >= 11 is 0. The van der Waals surface area contributed by atoms with E-state index in [0.717, 1.165) is 0 Å². The maximum atomic E-state index is 12.6. The lowest BCUT2D eigenvalue weighted by Gasteiger charge is -2.25. The Kier molecular flexibility index (Phi) is 7.04. The van der Waals surface area contributed by atoms with E-state index in [9.17, 15) is 9.59 Å². The van der Waals surface area contributed by atoms with Crippen molar-refractivity contribution in [2.45, 2.75) is 47.1 Å². The number of aromatic nitrogens is 4. The fraction of sp³-hybridized carbons (Fsp3) is 0.360. The number of carbonyl (C=O) groups excluding carboxylic acids is 2. The molecule has 2 aromatic carbocycles. The van der Waals surface area contributed by atoms with Crippen LogP contribution < -0.4 is 16.0 Å². The van der Waals surface area contributed by atoms with Gasteiger partial charge in [-0.05, 0) is 63.2 Å². The Morgan fingerprint density at radius 3 is 2.00 bits per heavy atom. The molecule has 0 atom stereocenters. The maximum Gasteiger partial charge on any atom is 0.414 e. The van der Waals surface area contributed by atoms with Crippen LogP contribution in [0.3, 0.4) is 0 Å². The molecule has 3 N–H and O–H groups in total. The molecule has 0 spiro atoms. The van der Waals surface area contributed by atoms with Crippen molar-refractivity contribution < 1.29 is 14.3 Å². The summed E-state index contributed by atoms with van der Waals surface area (Å²) in [6.45, 7) is 10.9. The van der Waals surface area contributed by atoms with Gasteiger partial charge in [-0.25, -0.2) is 4.79 Å². The first kappa shape index (κ1) is 25.5. The van der Waals surface area contributed by atoms with Crippen LogP contribution in [-0.2, 0) is 9.53 Å². The Morgan fingerprint density at radius 1 is 0.886 bits per heavy atom. The molecule has 0 saturated heterocycles. The van der Waals surface area contributed by atoms with E-state index in [4.69, 9.17) is 10.5 Å². The molecule has 0 aliphatic rings. The summed E-state index contributed by atoms with van der Waals surface area (Å²) < 4.78 is 5.46. The molecule has 0 unspecified atom stereocenters. The van der Waals surface area contributed by atoms with Crippen LogP contribution in [0.15, 0.2) is 42.5 Å². The summed E-state index contributed by atoms with van der Waals surface area (Å²) in [4.78, 5) is 26.1. The Labute approximate surface area is 204 Å². The third-order valence-electron chi connectivity index (χ3n) is 4.85. The zero-order valence-corrected chi connectivity index (χ0v) is 21.1. The number of nitrogens with one attached hydrogen (secondary N) is 1. The topological polar surface area (TPSA) is 136 Å². The third kappa shape index (κ3) is 6.50. The molecule has 35 heavy (non-hydrogen) atoms. The number of nitrogens with zero attached hydrogens (tertiary/aromatic N) is 5. The number of rotatable bonds is 4. The Morgan fingerprint density at radius 2 is 1.46 bits per heavy atom. The second-order valence-corrected chi connectivity index (χ2v) is 10.1. The van der Waals surface area contributed by atoms with Gasteiger partial charge in [-0.3, -0.25) is 9.69 Å². The second-order valence-electron chi connectivity index (χ2n) is 10.1.